The fourth-order valence-electron chi connectivity index (χ4n) is 4.60. The first-order chi connectivity index (χ1) is 18.2. The molecule has 0 radical (unpaired) electrons. The first kappa shape index (κ1) is 27.1. The number of rotatable bonds is 9. The molecule has 0 bridgehead atoms. The number of aromatic nitrogens is 1. The summed E-state index contributed by atoms with van der Waals surface area (Å²) >= 11 is 0.752. The molecule has 1 saturated carbocycles. The van der Waals surface area contributed by atoms with E-state index >= 15 is 0 Å². The highest BCUT2D eigenvalue weighted by Crippen LogP contribution is 2.32. The van der Waals surface area contributed by atoms with Crippen LogP contribution in [0.4, 0.5) is 15.8 Å². The number of benzene rings is 2. The number of nitrogens with one attached hydrogen (secondary N) is 1. The summed E-state index contributed by atoms with van der Waals surface area (Å²) < 4.78 is 17.6. The number of halogens is 1. The Morgan fingerprint density at radius 3 is 2.26 bits per heavy atom. The predicted octanol–water partition coefficient (Wildman–Crippen LogP) is 3.47. The van der Waals surface area contributed by atoms with E-state index in [-0.39, 0.29) is 34.8 Å². The van der Waals surface area contributed by atoms with Crippen molar-refractivity contribution < 1.29 is 18.8 Å². The SMILES string of the molecule is CN(C)c1ccc(C(C(=O)NC2CCCC2)N(Cc2ccc(F)cc2)C(=O)c2snc(C(N)=O)c2N)cc1. The maximum atomic E-state index is 14.0. The third kappa shape index (κ3) is 5.94. The predicted molar refractivity (Wildman–Crippen MR) is 145 cm³/mol. The Labute approximate surface area is 224 Å². The molecule has 4 rings (SSSR count). The Morgan fingerprint density at radius 2 is 1.71 bits per heavy atom. The van der Waals surface area contributed by atoms with Crippen LogP contribution in [0.5, 0.6) is 0 Å². The molecule has 3 amide bonds. The number of anilines is 2. The normalized spacial score (nSPS) is 14.2. The van der Waals surface area contributed by atoms with Gasteiger partial charge in [0.2, 0.25) is 5.91 Å². The van der Waals surface area contributed by atoms with Gasteiger partial charge in [-0.15, -0.1) is 0 Å². The lowest BCUT2D eigenvalue weighted by molar-refractivity contribution is -0.126. The molecule has 1 aromatic heterocycles. The number of nitrogens with two attached hydrogens (primary N) is 2. The Kier molecular flexibility index (Phi) is 8.26. The molecule has 2 aromatic carbocycles. The molecule has 1 fully saturated rings. The molecular formula is C27H31FN6O3S. The van der Waals surface area contributed by atoms with Crippen molar-refractivity contribution in [2.75, 3.05) is 24.7 Å². The lowest BCUT2D eigenvalue weighted by Gasteiger charge is -2.32. The van der Waals surface area contributed by atoms with Crippen molar-refractivity contribution in [2.45, 2.75) is 44.3 Å². The summed E-state index contributed by atoms with van der Waals surface area (Å²) in [5.41, 5.74) is 13.3. The Balaban J connectivity index is 1.80. The van der Waals surface area contributed by atoms with Gasteiger partial charge in [0, 0.05) is 32.4 Å². The minimum absolute atomic E-state index is 0.00416. The van der Waals surface area contributed by atoms with Gasteiger partial charge in [0.05, 0.1) is 5.69 Å². The van der Waals surface area contributed by atoms with Gasteiger partial charge in [0.25, 0.3) is 11.8 Å². The molecular weight excluding hydrogens is 507 g/mol. The van der Waals surface area contributed by atoms with Crippen molar-refractivity contribution >= 4 is 40.6 Å². The summed E-state index contributed by atoms with van der Waals surface area (Å²) in [7, 11) is 3.82. The molecule has 1 atom stereocenters. The van der Waals surface area contributed by atoms with Gasteiger partial charge in [-0.2, -0.15) is 4.37 Å². The van der Waals surface area contributed by atoms with Crippen LogP contribution in [0.2, 0.25) is 0 Å². The van der Waals surface area contributed by atoms with E-state index in [4.69, 9.17) is 11.5 Å². The molecule has 200 valence electrons. The number of hydrogen-bond acceptors (Lipinski definition) is 7. The van der Waals surface area contributed by atoms with E-state index in [9.17, 15) is 18.8 Å². The van der Waals surface area contributed by atoms with Crippen LogP contribution in [0, 0.1) is 5.82 Å². The van der Waals surface area contributed by atoms with Crippen LogP contribution in [0.15, 0.2) is 48.5 Å². The standard InChI is InChI=1S/C27H31FN6O3S/c1-33(2)20-13-9-17(10-14-20)23(26(36)31-19-5-3-4-6-19)34(15-16-7-11-18(28)12-8-16)27(37)24-21(29)22(25(30)35)32-38-24/h7-14,19,23H,3-6,15,29H2,1-2H3,(H2,30,35)(H,31,36). The second kappa shape index (κ2) is 11.6. The first-order valence-corrected chi connectivity index (χ1v) is 13.1. The molecule has 0 aliphatic heterocycles. The van der Waals surface area contributed by atoms with Gasteiger partial charge in [-0.25, -0.2) is 4.39 Å². The highest BCUT2D eigenvalue weighted by atomic mass is 32.1. The van der Waals surface area contributed by atoms with Crippen molar-refractivity contribution in [3.63, 3.8) is 0 Å². The smallest absolute Gasteiger partial charge is 0.270 e. The third-order valence-corrected chi connectivity index (χ3v) is 7.52. The number of nitrogen functional groups attached to an aromatic ring is 1. The zero-order valence-corrected chi connectivity index (χ0v) is 22.1. The van der Waals surface area contributed by atoms with Crippen LogP contribution < -0.4 is 21.7 Å². The van der Waals surface area contributed by atoms with Crippen molar-refractivity contribution in [1.29, 1.82) is 0 Å². The van der Waals surface area contributed by atoms with Gasteiger partial charge >= 0.3 is 0 Å². The van der Waals surface area contributed by atoms with Crippen molar-refractivity contribution in [3.05, 3.63) is 76.0 Å². The average molecular weight is 539 g/mol. The molecule has 1 heterocycles. The Bertz CT molecular complexity index is 1300. The van der Waals surface area contributed by atoms with Crippen molar-refractivity contribution in [2.24, 2.45) is 5.73 Å². The minimum atomic E-state index is -1.03. The highest BCUT2D eigenvalue weighted by Gasteiger charge is 2.36. The molecule has 5 N–H and O–H groups in total. The average Bonchev–Trinajstić information content (AvgIpc) is 3.54. The maximum absolute atomic E-state index is 14.0. The lowest BCUT2D eigenvalue weighted by Crippen LogP contribution is -2.45. The number of carbonyl (C=O) groups is 3. The van der Waals surface area contributed by atoms with Crippen molar-refractivity contribution in [1.82, 2.24) is 14.6 Å². The number of nitrogens with zero attached hydrogens (tertiary/aromatic N) is 3. The van der Waals surface area contributed by atoms with Crippen LogP contribution in [-0.4, -0.2) is 47.1 Å². The van der Waals surface area contributed by atoms with E-state index in [0.717, 1.165) is 42.9 Å². The number of amides is 3. The zero-order chi connectivity index (χ0) is 27.4. The number of hydrogen-bond donors (Lipinski definition) is 3. The number of carbonyl (C=O) groups excluding carboxylic acids is 3. The van der Waals surface area contributed by atoms with Crippen LogP contribution >= 0.6 is 11.5 Å². The van der Waals surface area contributed by atoms with Gasteiger partial charge in [0.15, 0.2) is 5.69 Å². The van der Waals surface area contributed by atoms with Gasteiger partial charge < -0.3 is 26.6 Å². The summed E-state index contributed by atoms with van der Waals surface area (Å²) in [5, 5.41) is 3.11. The summed E-state index contributed by atoms with van der Waals surface area (Å²) in [4.78, 5) is 42.9. The van der Waals surface area contributed by atoms with Gasteiger partial charge in [-0.3, -0.25) is 14.4 Å². The summed E-state index contributed by atoms with van der Waals surface area (Å²) in [6.45, 7) is -0.0133. The second-order valence-electron chi connectivity index (χ2n) is 9.58. The second-order valence-corrected chi connectivity index (χ2v) is 10.3. The maximum Gasteiger partial charge on any atom is 0.270 e. The van der Waals surface area contributed by atoms with Crippen LogP contribution in [0.25, 0.3) is 0 Å². The summed E-state index contributed by atoms with van der Waals surface area (Å²) in [6.07, 6.45) is 3.79. The lowest BCUT2D eigenvalue weighted by atomic mass is 10.0. The van der Waals surface area contributed by atoms with Crippen LogP contribution in [0.3, 0.4) is 0 Å². The van der Waals surface area contributed by atoms with E-state index in [0.29, 0.717) is 11.1 Å². The highest BCUT2D eigenvalue weighted by molar-refractivity contribution is 7.09. The van der Waals surface area contributed by atoms with E-state index in [1.807, 2.05) is 43.3 Å². The molecule has 3 aromatic rings. The number of primary amides is 1. The molecule has 9 nitrogen and oxygen atoms in total. The van der Waals surface area contributed by atoms with E-state index in [1.165, 1.54) is 17.0 Å². The van der Waals surface area contributed by atoms with Crippen molar-refractivity contribution in [3.8, 4) is 0 Å². The van der Waals surface area contributed by atoms with E-state index < -0.39 is 23.7 Å². The molecule has 11 heteroatoms. The quantitative estimate of drug-likeness (QED) is 0.382. The first-order valence-electron chi connectivity index (χ1n) is 12.3. The Hall–Kier alpha value is -3.99. The largest absolute Gasteiger partial charge is 0.395 e. The molecule has 0 saturated heterocycles. The fraction of sp³-hybridized carbons (Fsp3) is 0.333. The summed E-state index contributed by atoms with van der Waals surface area (Å²) in [5.74, 6) is -2.18. The molecule has 0 spiro atoms. The van der Waals surface area contributed by atoms with Crippen LogP contribution in [-0.2, 0) is 11.3 Å². The topological polar surface area (TPSA) is 135 Å². The van der Waals surface area contributed by atoms with Gasteiger partial charge in [0.1, 0.15) is 16.7 Å². The molecule has 1 aliphatic carbocycles. The van der Waals surface area contributed by atoms with Gasteiger partial charge in [-0.1, -0.05) is 37.1 Å². The minimum Gasteiger partial charge on any atom is -0.395 e. The van der Waals surface area contributed by atoms with E-state index in [1.54, 1.807) is 12.1 Å². The van der Waals surface area contributed by atoms with E-state index in [2.05, 4.69) is 9.69 Å². The van der Waals surface area contributed by atoms with Gasteiger partial charge in [-0.05, 0) is 59.8 Å². The molecule has 1 unspecified atom stereocenters. The monoisotopic (exact) mass is 538 g/mol. The zero-order valence-electron chi connectivity index (χ0n) is 21.3. The fourth-order valence-corrected chi connectivity index (χ4v) is 5.37. The Morgan fingerprint density at radius 1 is 1.08 bits per heavy atom. The third-order valence-electron chi connectivity index (χ3n) is 6.67. The molecule has 1 aliphatic rings. The molecule has 38 heavy (non-hydrogen) atoms. The summed E-state index contributed by atoms with van der Waals surface area (Å²) in [6, 6.07) is 12.1. The van der Waals surface area contributed by atoms with Crippen LogP contribution in [0.1, 0.15) is 63.0 Å².